The summed E-state index contributed by atoms with van der Waals surface area (Å²) in [7, 11) is 1.60. The summed E-state index contributed by atoms with van der Waals surface area (Å²) < 4.78 is 7.69. The maximum Gasteiger partial charge on any atom is 0.212 e. The van der Waals surface area contributed by atoms with Gasteiger partial charge >= 0.3 is 0 Å². The van der Waals surface area contributed by atoms with Gasteiger partial charge in [0.1, 0.15) is 0 Å². The Morgan fingerprint density at radius 3 is 2.90 bits per heavy atom. The lowest BCUT2D eigenvalue weighted by molar-refractivity contribution is 0.397. The molecule has 2 heterocycles. The van der Waals surface area contributed by atoms with Gasteiger partial charge in [0.25, 0.3) is 0 Å². The van der Waals surface area contributed by atoms with Crippen molar-refractivity contribution in [1.82, 2.24) is 14.5 Å². The van der Waals surface area contributed by atoms with E-state index in [2.05, 4.69) is 9.97 Å². The summed E-state index contributed by atoms with van der Waals surface area (Å²) in [4.78, 5) is 7.34. The van der Waals surface area contributed by atoms with E-state index < -0.39 is 0 Å². The Kier molecular flexibility index (Phi) is 3.46. The first-order chi connectivity index (χ1) is 9.69. The highest BCUT2D eigenvalue weighted by Gasteiger charge is 2.07. The van der Waals surface area contributed by atoms with Gasteiger partial charge < -0.3 is 14.3 Å². The first-order valence-electron chi connectivity index (χ1n) is 6.05. The van der Waals surface area contributed by atoms with Gasteiger partial charge in [-0.15, -0.1) is 0 Å². The molecule has 0 aliphatic rings. The van der Waals surface area contributed by atoms with Gasteiger partial charge in [0.2, 0.25) is 5.88 Å². The van der Waals surface area contributed by atoms with Crippen LogP contribution in [0.15, 0.2) is 36.5 Å². The number of aromatic amines is 1. The number of ether oxygens (including phenoxy) is 1. The van der Waals surface area contributed by atoms with Crippen LogP contribution in [0.4, 0.5) is 0 Å². The number of rotatable bonds is 3. The minimum absolute atomic E-state index is 0.597. The van der Waals surface area contributed by atoms with Crippen molar-refractivity contribution in [1.29, 1.82) is 0 Å². The van der Waals surface area contributed by atoms with Crippen LogP contribution < -0.4 is 4.74 Å². The van der Waals surface area contributed by atoms with Crippen molar-refractivity contribution >= 4 is 34.9 Å². The van der Waals surface area contributed by atoms with E-state index in [-0.39, 0.29) is 0 Å². The molecule has 0 saturated heterocycles. The van der Waals surface area contributed by atoms with Gasteiger partial charge in [-0.05, 0) is 29.9 Å². The Bertz CT molecular complexity index is 807. The number of hydrogen-bond donors (Lipinski definition) is 1. The highest BCUT2D eigenvalue weighted by atomic mass is 35.5. The number of imidazole rings is 1. The number of methoxy groups -OCH3 is 1. The second kappa shape index (κ2) is 5.26. The molecule has 2 aromatic heterocycles. The molecular weight excluding hydrogens is 294 g/mol. The van der Waals surface area contributed by atoms with Crippen molar-refractivity contribution in [2.45, 2.75) is 6.54 Å². The minimum Gasteiger partial charge on any atom is -0.481 e. The van der Waals surface area contributed by atoms with Gasteiger partial charge in [0.05, 0.1) is 29.7 Å². The SMILES string of the molecule is COc1ccc(Cn2c(=S)[nH]c3c(Cl)cccc32)cn1. The van der Waals surface area contributed by atoms with Gasteiger partial charge in [-0.1, -0.05) is 23.7 Å². The summed E-state index contributed by atoms with van der Waals surface area (Å²) in [6, 6.07) is 9.55. The summed E-state index contributed by atoms with van der Waals surface area (Å²) in [6.07, 6.45) is 1.78. The summed E-state index contributed by atoms with van der Waals surface area (Å²) in [5.41, 5.74) is 2.89. The summed E-state index contributed by atoms with van der Waals surface area (Å²) in [5, 5.41) is 0.667. The molecular formula is C14H12ClN3OS. The fraction of sp³-hybridized carbons (Fsp3) is 0.143. The van der Waals surface area contributed by atoms with Crippen LogP contribution in [0.2, 0.25) is 5.02 Å². The predicted molar refractivity (Wildman–Crippen MR) is 82.0 cm³/mol. The van der Waals surface area contributed by atoms with Crippen molar-refractivity contribution in [2.24, 2.45) is 0 Å². The maximum absolute atomic E-state index is 6.17. The average molecular weight is 306 g/mol. The molecule has 0 amide bonds. The molecule has 0 aliphatic carbocycles. The number of halogens is 1. The number of hydrogen-bond acceptors (Lipinski definition) is 3. The zero-order valence-corrected chi connectivity index (χ0v) is 12.3. The van der Waals surface area contributed by atoms with E-state index in [0.29, 0.717) is 22.2 Å². The van der Waals surface area contributed by atoms with E-state index in [1.54, 1.807) is 13.3 Å². The van der Waals surface area contributed by atoms with Crippen LogP contribution in [0.25, 0.3) is 11.0 Å². The molecule has 4 nitrogen and oxygen atoms in total. The lowest BCUT2D eigenvalue weighted by Gasteiger charge is -2.05. The third-order valence-corrected chi connectivity index (χ3v) is 3.74. The van der Waals surface area contributed by atoms with Crippen LogP contribution in [0.5, 0.6) is 5.88 Å². The maximum atomic E-state index is 6.17. The van der Waals surface area contributed by atoms with Gasteiger partial charge in [-0.25, -0.2) is 4.98 Å². The molecule has 1 aromatic carbocycles. The standard InChI is InChI=1S/C14H12ClN3OS/c1-19-12-6-5-9(7-16-12)8-18-11-4-2-3-10(15)13(11)17-14(18)20/h2-7H,8H2,1H3,(H,17,20). The Morgan fingerprint density at radius 2 is 2.20 bits per heavy atom. The van der Waals surface area contributed by atoms with E-state index in [9.17, 15) is 0 Å². The van der Waals surface area contributed by atoms with Crippen molar-refractivity contribution in [3.8, 4) is 5.88 Å². The van der Waals surface area contributed by atoms with Crippen LogP contribution in [-0.2, 0) is 6.54 Å². The molecule has 102 valence electrons. The number of benzene rings is 1. The first kappa shape index (κ1) is 13.1. The molecule has 0 saturated carbocycles. The number of H-pyrrole nitrogens is 1. The molecule has 3 aromatic rings. The van der Waals surface area contributed by atoms with Crippen molar-refractivity contribution < 1.29 is 4.74 Å². The van der Waals surface area contributed by atoms with Gasteiger partial charge in [0, 0.05) is 12.3 Å². The second-order valence-electron chi connectivity index (χ2n) is 4.36. The van der Waals surface area contributed by atoms with Crippen LogP contribution in [0, 0.1) is 4.77 Å². The van der Waals surface area contributed by atoms with E-state index in [1.165, 1.54) is 0 Å². The zero-order chi connectivity index (χ0) is 14.1. The monoisotopic (exact) mass is 305 g/mol. The highest BCUT2D eigenvalue weighted by Crippen LogP contribution is 2.23. The number of nitrogens with zero attached hydrogens (tertiary/aromatic N) is 2. The Hall–Kier alpha value is -1.85. The van der Waals surface area contributed by atoms with Gasteiger partial charge in [0.15, 0.2) is 4.77 Å². The molecule has 0 bridgehead atoms. The number of para-hydroxylation sites is 1. The number of pyridine rings is 1. The number of nitrogens with one attached hydrogen (secondary N) is 1. The average Bonchev–Trinajstić information content (AvgIpc) is 2.78. The lowest BCUT2D eigenvalue weighted by Crippen LogP contribution is -2.00. The highest BCUT2D eigenvalue weighted by molar-refractivity contribution is 7.71. The Morgan fingerprint density at radius 1 is 1.35 bits per heavy atom. The molecule has 0 atom stereocenters. The topological polar surface area (TPSA) is 42.8 Å². The fourth-order valence-electron chi connectivity index (χ4n) is 2.11. The molecule has 0 aliphatic heterocycles. The van der Waals surface area contributed by atoms with E-state index >= 15 is 0 Å². The van der Waals surface area contributed by atoms with Crippen LogP contribution in [-0.4, -0.2) is 21.6 Å². The molecule has 0 fully saturated rings. The normalized spacial score (nSPS) is 10.9. The molecule has 3 rings (SSSR count). The summed E-state index contributed by atoms with van der Waals surface area (Å²) in [6.45, 7) is 0.635. The number of aromatic nitrogens is 3. The quantitative estimate of drug-likeness (QED) is 0.748. The third kappa shape index (κ3) is 2.30. The molecule has 20 heavy (non-hydrogen) atoms. The van der Waals surface area contributed by atoms with Crippen LogP contribution >= 0.6 is 23.8 Å². The number of fused-ring (bicyclic) bond motifs is 1. The smallest absolute Gasteiger partial charge is 0.212 e. The van der Waals surface area contributed by atoms with Crippen molar-refractivity contribution in [3.63, 3.8) is 0 Å². The molecule has 0 unspecified atom stereocenters. The Labute approximate surface area is 126 Å². The first-order valence-corrected chi connectivity index (χ1v) is 6.83. The molecule has 0 radical (unpaired) electrons. The lowest BCUT2D eigenvalue weighted by atomic mass is 10.2. The molecule has 6 heteroatoms. The van der Waals surface area contributed by atoms with Crippen LogP contribution in [0.1, 0.15) is 5.56 Å². The second-order valence-corrected chi connectivity index (χ2v) is 5.15. The van der Waals surface area contributed by atoms with E-state index in [0.717, 1.165) is 16.6 Å². The minimum atomic E-state index is 0.597. The Balaban J connectivity index is 2.04. The zero-order valence-electron chi connectivity index (χ0n) is 10.8. The van der Waals surface area contributed by atoms with E-state index in [1.807, 2.05) is 34.9 Å². The van der Waals surface area contributed by atoms with Gasteiger partial charge in [-0.2, -0.15) is 0 Å². The molecule has 0 spiro atoms. The fourth-order valence-corrected chi connectivity index (χ4v) is 2.59. The third-order valence-electron chi connectivity index (χ3n) is 3.11. The van der Waals surface area contributed by atoms with Crippen LogP contribution in [0.3, 0.4) is 0 Å². The molecule has 1 N–H and O–H groups in total. The van der Waals surface area contributed by atoms with Crippen molar-refractivity contribution in [2.75, 3.05) is 7.11 Å². The van der Waals surface area contributed by atoms with E-state index in [4.69, 9.17) is 28.6 Å². The summed E-state index contributed by atoms with van der Waals surface area (Å²) in [5.74, 6) is 0.597. The summed E-state index contributed by atoms with van der Waals surface area (Å²) >= 11 is 11.5. The van der Waals surface area contributed by atoms with Gasteiger partial charge in [-0.3, -0.25) is 0 Å². The predicted octanol–water partition coefficient (Wildman–Crippen LogP) is 3.80. The van der Waals surface area contributed by atoms with Crippen molar-refractivity contribution in [3.05, 3.63) is 51.9 Å². The largest absolute Gasteiger partial charge is 0.481 e.